The predicted molar refractivity (Wildman–Crippen MR) is 88.3 cm³/mol. The molecular weight excluding hydrogens is 258 g/mol. The molecule has 2 nitrogen and oxygen atoms in total. The summed E-state index contributed by atoms with van der Waals surface area (Å²) in [5.41, 5.74) is 3.44. The van der Waals surface area contributed by atoms with Gasteiger partial charge in [0, 0.05) is 11.8 Å². The van der Waals surface area contributed by atoms with Crippen LogP contribution in [-0.2, 0) is 17.9 Å². The normalized spacial score (nSPS) is 12.2. The minimum Gasteiger partial charge on any atom is -0.391 e. The van der Waals surface area contributed by atoms with E-state index in [-0.39, 0.29) is 5.41 Å². The summed E-state index contributed by atoms with van der Waals surface area (Å²) in [7, 11) is 0. The highest BCUT2D eigenvalue weighted by Gasteiger charge is 2.20. The quantitative estimate of drug-likeness (QED) is 0.567. The molecule has 0 saturated heterocycles. The third-order valence-electron chi connectivity index (χ3n) is 3.33. The van der Waals surface area contributed by atoms with Crippen LogP contribution < -0.4 is 0 Å². The molecule has 0 atom stereocenters. The van der Waals surface area contributed by atoms with Crippen LogP contribution in [0.2, 0.25) is 0 Å². The topological polar surface area (TPSA) is 21.6 Å². The number of hydrogen-bond acceptors (Lipinski definition) is 2. The molecule has 0 N–H and O–H groups in total. The lowest BCUT2D eigenvalue weighted by molar-refractivity contribution is 0.127. The van der Waals surface area contributed by atoms with Crippen molar-refractivity contribution >= 4 is 5.71 Å². The maximum Gasteiger partial charge on any atom is 0.142 e. The number of benzene rings is 2. The Balaban J connectivity index is 2.04. The fourth-order valence-electron chi connectivity index (χ4n) is 1.98. The Kier molecular flexibility index (Phi) is 5.15. The number of oxime groups is 1. The summed E-state index contributed by atoms with van der Waals surface area (Å²) in [6.45, 7) is 7.01. The zero-order chi connectivity index (χ0) is 15.1. The molecule has 0 fully saturated rings. The minimum absolute atomic E-state index is 0.00741. The Morgan fingerprint density at radius 1 is 0.857 bits per heavy atom. The Hall–Kier alpha value is -2.09. The SMILES string of the molecule is CC(C)(C)/C(Cc1ccccc1)=N/OCc1ccccc1. The van der Waals surface area contributed by atoms with E-state index in [1.54, 1.807) is 0 Å². The van der Waals surface area contributed by atoms with Crippen LogP contribution in [0.5, 0.6) is 0 Å². The molecule has 0 spiro atoms. The first-order valence-electron chi connectivity index (χ1n) is 7.33. The summed E-state index contributed by atoms with van der Waals surface area (Å²) in [5.74, 6) is 0. The molecule has 0 aromatic heterocycles. The van der Waals surface area contributed by atoms with E-state index in [4.69, 9.17) is 4.84 Å². The van der Waals surface area contributed by atoms with Gasteiger partial charge in [0.05, 0.1) is 5.71 Å². The van der Waals surface area contributed by atoms with Crippen LogP contribution in [0.15, 0.2) is 65.8 Å². The summed E-state index contributed by atoms with van der Waals surface area (Å²) in [6.07, 6.45) is 0.819. The lowest BCUT2D eigenvalue weighted by Crippen LogP contribution is -2.23. The summed E-state index contributed by atoms with van der Waals surface area (Å²) in [5, 5.41) is 4.40. The smallest absolute Gasteiger partial charge is 0.142 e. The van der Waals surface area contributed by atoms with Crippen molar-refractivity contribution in [3.05, 3.63) is 71.8 Å². The molecule has 2 rings (SSSR count). The molecule has 21 heavy (non-hydrogen) atoms. The lowest BCUT2D eigenvalue weighted by Gasteiger charge is -2.21. The molecular formula is C19H23NO. The van der Waals surface area contributed by atoms with Crippen LogP contribution in [0.4, 0.5) is 0 Å². The Labute approximate surface area is 127 Å². The van der Waals surface area contributed by atoms with Crippen LogP contribution in [0.25, 0.3) is 0 Å². The number of rotatable bonds is 5. The van der Waals surface area contributed by atoms with Gasteiger partial charge in [-0.05, 0) is 11.1 Å². The molecule has 2 aromatic rings. The van der Waals surface area contributed by atoms with Gasteiger partial charge in [-0.1, -0.05) is 86.6 Å². The molecule has 110 valence electrons. The van der Waals surface area contributed by atoms with Crippen LogP contribution >= 0.6 is 0 Å². The zero-order valence-corrected chi connectivity index (χ0v) is 13.0. The molecule has 0 saturated carbocycles. The van der Waals surface area contributed by atoms with E-state index in [2.05, 4.69) is 50.2 Å². The largest absolute Gasteiger partial charge is 0.391 e. The maximum absolute atomic E-state index is 5.57. The summed E-state index contributed by atoms with van der Waals surface area (Å²) >= 11 is 0. The monoisotopic (exact) mass is 281 g/mol. The van der Waals surface area contributed by atoms with Crippen molar-refractivity contribution in [1.82, 2.24) is 0 Å². The van der Waals surface area contributed by atoms with Gasteiger partial charge >= 0.3 is 0 Å². The fourth-order valence-corrected chi connectivity index (χ4v) is 1.98. The Bertz CT molecular complexity index is 568. The Morgan fingerprint density at radius 2 is 1.38 bits per heavy atom. The molecule has 2 aromatic carbocycles. The average Bonchev–Trinajstić information content (AvgIpc) is 2.47. The van der Waals surface area contributed by atoms with Gasteiger partial charge in [0.1, 0.15) is 6.61 Å². The van der Waals surface area contributed by atoms with Crippen molar-refractivity contribution in [2.75, 3.05) is 0 Å². The van der Waals surface area contributed by atoms with Gasteiger partial charge in [0.2, 0.25) is 0 Å². The second kappa shape index (κ2) is 7.07. The van der Waals surface area contributed by atoms with Crippen molar-refractivity contribution in [1.29, 1.82) is 0 Å². The van der Waals surface area contributed by atoms with Gasteiger partial charge < -0.3 is 4.84 Å². The zero-order valence-electron chi connectivity index (χ0n) is 13.0. The Morgan fingerprint density at radius 3 is 1.90 bits per heavy atom. The highest BCUT2D eigenvalue weighted by atomic mass is 16.6. The van der Waals surface area contributed by atoms with Gasteiger partial charge in [0.25, 0.3) is 0 Å². The second-order valence-corrected chi connectivity index (χ2v) is 6.21. The maximum atomic E-state index is 5.57. The standard InChI is InChI=1S/C19H23NO/c1-19(2,3)18(14-16-10-6-4-7-11-16)20-21-15-17-12-8-5-9-13-17/h4-13H,14-15H2,1-3H3/b20-18+. The summed E-state index contributed by atoms with van der Waals surface area (Å²) in [4.78, 5) is 5.57. The highest BCUT2D eigenvalue weighted by Crippen LogP contribution is 2.20. The molecule has 0 aliphatic heterocycles. The highest BCUT2D eigenvalue weighted by molar-refractivity contribution is 5.90. The van der Waals surface area contributed by atoms with Crippen molar-refractivity contribution in [2.24, 2.45) is 10.6 Å². The fraction of sp³-hybridized carbons (Fsp3) is 0.316. The molecule has 0 amide bonds. The third-order valence-corrected chi connectivity index (χ3v) is 3.33. The van der Waals surface area contributed by atoms with Crippen molar-refractivity contribution in [2.45, 2.75) is 33.8 Å². The van der Waals surface area contributed by atoms with E-state index in [1.165, 1.54) is 5.56 Å². The van der Waals surface area contributed by atoms with Crippen molar-refractivity contribution < 1.29 is 4.84 Å². The van der Waals surface area contributed by atoms with Gasteiger partial charge in [-0.15, -0.1) is 0 Å². The van der Waals surface area contributed by atoms with Gasteiger partial charge in [0.15, 0.2) is 0 Å². The molecule has 0 bridgehead atoms. The lowest BCUT2D eigenvalue weighted by atomic mass is 9.86. The van der Waals surface area contributed by atoms with E-state index >= 15 is 0 Å². The van der Waals surface area contributed by atoms with Crippen LogP contribution in [0.1, 0.15) is 31.9 Å². The van der Waals surface area contributed by atoms with Crippen LogP contribution in [0, 0.1) is 5.41 Å². The van der Waals surface area contributed by atoms with Crippen LogP contribution in [-0.4, -0.2) is 5.71 Å². The predicted octanol–water partition coefficient (Wildman–Crippen LogP) is 4.85. The summed E-state index contributed by atoms with van der Waals surface area (Å²) in [6, 6.07) is 20.5. The molecule has 0 aliphatic rings. The molecule has 0 radical (unpaired) electrons. The minimum atomic E-state index is -0.00741. The van der Waals surface area contributed by atoms with Crippen molar-refractivity contribution in [3.8, 4) is 0 Å². The van der Waals surface area contributed by atoms with Crippen molar-refractivity contribution in [3.63, 3.8) is 0 Å². The van der Waals surface area contributed by atoms with Gasteiger partial charge in [-0.2, -0.15) is 0 Å². The molecule has 0 aliphatic carbocycles. The van der Waals surface area contributed by atoms with E-state index in [9.17, 15) is 0 Å². The summed E-state index contributed by atoms with van der Waals surface area (Å²) < 4.78 is 0. The van der Waals surface area contributed by atoms with Gasteiger partial charge in [-0.3, -0.25) is 0 Å². The molecule has 2 heteroatoms. The van der Waals surface area contributed by atoms with E-state index in [0.717, 1.165) is 17.7 Å². The van der Waals surface area contributed by atoms with Gasteiger partial charge in [-0.25, -0.2) is 0 Å². The average molecular weight is 281 g/mol. The van der Waals surface area contributed by atoms with E-state index < -0.39 is 0 Å². The van der Waals surface area contributed by atoms with E-state index in [0.29, 0.717) is 6.61 Å². The second-order valence-electron chi connectivity index (χ2n) is 6.21. The molecule has 0 unspecified atom stereocenters. The first kappa shape index (κ1) is 15.3. The third kappa shape index (κ3) is 5.07. The first-order chi connectivity index (χ1) is 10.1. The van der Waals surface area contributed by atoms with Crippen LogP contribution in [0.3, 0.4) is 0 Å². The van der Waals surface area contributed by atoms with E-state index in [1.807, 2.05) is 36.4 Å². The number of hydrogen-bond donors (Lipinski definition) is 0. The first-order valence-corrected chi connectivity index (χ1v) is 7.33. The molecule has 0 heterocycles. The number of nitrogens with zero attached hydrogens (tertiary/aromatic N) is 1.